The summed E-state index contributed by atoms with van der Waals surface area (Å²) in [6.45, 7) is 6.34. The van der Waals surface area contributed by atoms with Crippen LogP contribution in [0.25, 0.3) is 0 Å². The average molecular weight is 211 g/mol. The largest absolute Gasteiger partial charge is 0.534 e. The second kappa shape index (κ2) is 3.37. The Labute approximate surface area is 87.7 Å². The van der Waals surface area contributed by atoms with Gasteiger partial charge in [0.25, 0.3) is 0 Å². The molecule has 2 aliphatic carbocycles. The van der Waals surface area contributed by atoms with Crippen molar-refractivity contribution in [2.24, 2.45) is 11.8 Å². The van der Waals surface area contributed by atoms with E-state index in [1.54, 1.807) is 6.92 Å². The van der Waals surface area contributed by atoms with Crippen LogP contribution in [0.2, 0.25) is 18.6 Å². The van der Waals surface area contributed by atoms with Crippen molar-refractivity contribution >= 4 is 14.2 Å². The number of fused-ring (bicyclic) bond motifs is 2. The number of hydrogen-bond acceptors (Lipinski definition) is 2. The third kappa shape index (κ3) is 1.74. The SMILES string of the molecule is CC(=N)O[Si](C)(C)C1CC2CCC1C2. The first-order valence-corrected chi connectivity index (χ1v) is 8.72. The molecule has 0 aromatic carbocycles. The lowest BCUT2D eigenvalue weighted by atomic mass is 10.0. The Hall–Kier alpha value is -0.313. The molecule has 2 saturated carbocycles. The molecule has 3 unspecified atom stereocenters. The van der Waals surface area contributed by atoms with Crippen molar-refractivity contribution < 1.29 is 4.43 Å². The van der Waals surface area contributed by atoms with Gasteiger partial charge in [-0.1, -0.05) is 12.8 Å². The molecule has 0 radical (unpaired) electrons. The predicted molar refractivity (Wildman–Crippen MR) is 61.2 cm³/mol. The lowest BCUT2D eigenvalue weighted by Gasteiger charge is -2.34. The molecule has 2 rings (SSSR count). The highest BCUT2D eigenvalue weighted by atomic mass is 28.4. The fourth-order valence-corrected chi connectivity index (χ4v) is 6.85. The lowest BCUT2D eigenvalue weighted by molar-refractivity contribution is 0.417. The van der Waals surface area contributed by atoms with Crippen molar-refractivity contribution in [2.75, 3.05) is 0 Å². The number of rotatable bonds is 2. The molecule has 2 nitrogen and oxygen atoms in total. The maximum Gasteiger partial charge on any atom is 0.250 e. The lowest BCUT2D eigenvalue weighted by Crippen LogP contribution is -2.40. The van der Waals surface area contributed by atoms with Crippen LogP contribution in [-0.4, -0.2) is 14.2 Å². The van der Waals surface area contributed by atoms with Crippen molar-refractivity contribution in [3.8, 4) is 0 Å². The van der Waals surface area contributed by atoms with Crippen LogP contribution in [0.15, 0.2) is 0 Å². The Morgan fingerprint density at radius 1 is 1.29 bits per heavy atom. The van der Waals surface area contributed by atoms with Gasteiger partial charge in [0, 0.05) is 6.92 Å². The van der Waals surface area contributed by atoms with E-state index < -0.39 is 8.32 Å². The molecular formula is C11H21NOSi. The van der Waals surface area contributed by atoms with Gasteiger partial charge < -0.3 is 4.43 Å². The van der Waals surface area contributed by atoms with Crippen LogP contribution in [0.5, 0.6) is 0 Å². The van der Waals surface area contributed by atoms with Crippen LogP contribution in [0.1, 0.15) is 32.6 Å². The topological polar surface area (TPSA) is 33.1 Å². The molecule has 3 atom stereocenters. The predicted octanol–water partition coefficient (Wildman–Crippen LogP) is 3.40. The number of nitrogens with one attached hydrogen (secondary N) is 1. The molecule has 1 N–H and O–H groups in total. The third-order valence-electron chi connectivity index (χ3n) is 4.05. The Kier molecular flexibility index (Phi) is 2.46. The van der Waals surface area contributed by atoms with E-state index in [0.717, 1.165) is 17.4 Å². The van der Waals surface area contributed by atoms with Gasteiger partial charge in [0.1, 0.15) is 0 Å². The van der Waals surface area contributed by atoms with Crippen molar-refractivity contribution in [2.45, 2.75) is 51.2 Å². The van der Waals surface area contributed by atoms with Crippen LogP contribution in [0.4, 0.5) is 0 Å². The summed E-state index contributed by atoms with van der Waals surface area (Å²) in [5.74, 6) is 2.34. The summed E-state index contributed by atoms with van der Waals surface area (Å²) in [6.07, 6.45) is 5.71. The molecular weight excluding hydrogens is 190 g/mol. The monoisotopic (exact) mass is 211 g/mol. The summed E-state index contributed by atoms with van der Waals surface area (Å²) < 4.78 is 5.80. The van der Waals surface area contributed by atoms with Crippen molar-refractivity contribution in [3.63, 3.8) is 0 Å². The zero-order chi connectivity index (χ0) is 10.3. The van der Waals surface area contributed by atoms with E-state index in [1.807, 2.05) is 0 Å². The van der Waals surface area contributed by atoms with Gasteiger partial charge in [-0.25, -0.2) is 0 Å². The zero-order valence-corrected chi connectivity index (χ0v) is 10.5. The maximum atomic E-state index is 7.46. The van der Waals surface area contributed by atoms with E-state index in [9.17, 15) is 0 Å². The average Bonchev–Trinajstić information content (AvgIpc) is 2.60. The molecule has 3 heteroatoms. The second-order valence-electron chi connectivity index (χ2n) is 5.54. The molecule has 80 valence electrons. The van der Waals surface area contributed by atoms with Crippen LogP contribution in [0, 0.1) is 17.2 Å². The van der Waals surface area contributed by atoms with E-state index in [-0.39, 0.29) is 0 Å². The molecule has 0 heterocycles. The highest BCUT2D eigenvalue weighted by molar-refractivity contribution is 6.74. The van der Waals surface area contributed by atoms with E-state index >= 15 is 0 Å². The first-order valence-electron chi connectivity index (χ1n) is 5.73. The van der Waals surface area contributed by atoms with Crippen molar-refractivity contribution in [1.29, 1.82) is 5.41 Å². The van der Waals surface area contributed by atoms with Gasteiger partial charge in [-0.05, 0) is 43.3 Å². The van der Waals surface area contributed by atoms with E-state index in [4.69, 9.17) is 9.84 Å². The van der Waals surface area contributed by atoms with Gasteiger partial charge in [-0.3, -0.25) is 5.41 Å². The Morgan fingerprint density at radius 2 is 2.00 bits per heavy atom. The van der Waals surface area contributed by atoms with Gasteiger partial charge >= 0.3 is 0 Å². The molecule has 2 bridgehead atoms. The van der Waals surface area contributed by atoms with E-state index in [0.29, 0.717) is 5.90 Å². The standard InChI is InChI=1S/C11H21NOSi/c1-8(12)13-14(2,3)11-7-9-4-5-10(11)6-9/h9-12H,4-7H2,1-3H3. The van der Waals surface area contributed by atoms with Gasteiger partial charge in [0.15, 0.2) is 5.90 Å². The fraction of sp³-hybridized carbons (Fsp3) is 0.909. The molecule has 0 aromatic heterocycles. The smallest absolute Gasteiger partial charge is 0.250 e. The van der Waals surface area contributed by atoms with Crippen molar-refractivity contribution in [1.82, 2.24) is 0 Å². The molecule has 2 aliphatic rings. The first kappa shape index (κ1) is 10.2. The summed E-state index contributed by atoms with van der Waals surface area (Å²) in [6, 6.07) is 0. The highest BCUT2D eigenvalue weighted by Gasteiger charge is 2.49. The molecule has 0 aromatic rings. The quantitative estimate of drug-likeness (QED) is 0.424. The summed E-state index contributed by atoms with van der Waals surface area (Å²) >= 11 is 0. The summed E-state index contributed by atoms with van der Waals surface area (Å²) in [7, 11) is -1.61. The molecule has 0 aliphatic heterocycles. The fourth-order valence-electron chi connectivity index (χ4n) is 3.57. The molecule has 14 heavy (non-hydrogen) atoms. The minimum atomic E-state index is -1.61. The van der Waals surface area contributed by atoms with Gasteiger partial charge in [0.05, 0.1) is 0 Å². The zero-order valence-electron chi connectivity index (χ0n) is 9.47. The van der Waals surface area contributed by atoms with Gasteiger partial charge in [-0.15, -0.1) is 0 Å². The molecule has 0 spiro atoms. The van der Waals surface area contributed by atoms with Crippen LogP contribution in [-0.2, 0) is 4.43 Å². The summed E-state index contributed by atoms with van der Waals surface area (Å²) in [5.41, 5.74) is 0.821. The molecule has 0 saturated heterocycles. The molecule has 0 amide bonds. The maximum absolute atomic E-state index is 7.46. The van der Waals surface area contributed by atoms with Crippen LogP contribution >= 0.6 is 0 Å². The Morgan fingerprint density at radius 3 is 2.43 bits per heavy atom. The normalized spacial score (nSPS) is 36.1. The summed E-state index contributed by atoms with van der Waals surface area (Å²) in [4.78, 5) is 0. The minimum absolute atomic E-state index is 0.421. The minimum Gasteiger partial charge on any atom is -0.534 e. The highest BCUT2D eigenvalue weighted by Crippen LogP contribution is 2.55. The van der Waals surface area contributed by atoms with Crippen LogP contribution in [0.3, 0.4) is 0 Å². The van der Waals surface area contributed by atoms with Crippen molar-refractivity contribution in [3.05, 3.63) is 0 Å². The van der Waals surface area contributed by atoms with E-state index in [1.165, 1.54) is 25.7 Å². The van der Waals surface area contributed by atoms with Crippen LogP contribution < -0.4 is 0 Å². The Bertz CT molecular complexity index is 252. The molecule has 2 fully saturated rings. The first-order chi connectivity index (χ1) is 6.49. The van der Waals surface area contributed by atoms with Gasteiger partial charge in [0.2, 0.25) is 8.32 Å². The summed E-state index contributed by atoms with van der Waals surface area (Å²) in [5, 5.41) is 7.46. The second-order valence-corrected chi connectivity index (χ2v) is 9.70. The Balaban J connectivity index is 2.03. The van der Waals surface area contributed by atoms with E-state index in [2.05, 4.69) is 13.1 Å². The van der Waals surface area contributed by atoms with Gasteiger partial charge in [-0.2, -0.15) is 0 Å². The number of hydrogen-bond donors (Lipinski definition) is 1. The third-order valence-corrected chi connectivity index (χ3v) is 7.37.